The lowest BCUT2D eigenvalue weighted by atomic mass is 9.90. The van der Waals surface area contributed by atoms with Crippen molar-refractivity contribution in [2.24, 2.45) is 11.1 Å². The van der Waals surface area contributed by atoms with E-state index in [-0.39, 0.29) is 35.2 Å². The maximum Gasteiger partial charge on any atom is 0.243 e. The first-order valence-corrected chi connectivity index (χ1v) is 10.9. The molecule has 1 amide bonds. The molecule has 3 N–H and O–H groups in total. The van der Waals surface area contributed by atoms with Gasteiger partial charge in [-0.1, -0.05) is 26.8 Å². The summed E-state index contributed by atoms with van der Waals surface area (Å²) >= 11 is 0. The van der Waals surface area contributed by atoms with Gasteiger partial charge in [0, 0.05) is 25.3 Å². The van der Waals surface area contributed by atoms with E-state index >= 15 is 0 Å². The first-order chi connectivity index (χ1) is 12.6. The fourth-order valence-corrected chi connectivity index (χ4v) is 5.20. The zero-order valence-electron chi connectivity index (χ0n) is 17.2. The highest BCUT2D eigenvalue weighted by atomic mass is 35.5. The van der Waals surface area contributed by atoms with E-state index in [4.69, 9.17) is 5.73 Å². The maximum absolute atomic E-state index is 12.8. The number of rotatable bonds is 8. The van der Waals surface area contributed by atoms with Gasteiger partial charge in [-0.05, 0) is 49.5 Å². The number of hydrogen-bond acceptors (Lipinski definition) is 5. The third kappa shape index (κ3) is 5.67. The molecular formula is C19H33ClN4O3S. The third-order valence-electron chi connectivity index (χ3n) is 5.29. The number of anilines is 1. The number of nitrogens with one attached hydrogen (secondary N) is 1. The molecule has 1 aromatic rings. The molecule has 2 rings (SSSR count). The smallest absolute Gasteiger partial charge is 0.243 e. The second-order valence-corrected chi connectivity index (χ2v) is 9.50. The largest absolute Gasteiger partial charge is 0.330 e. The van der Waals surface area contributed by atoms with Gasteiger partial charge in [-0.25, -0.2) is 8.42 Å². The molecule has 160 valence electrons. The Hall–Kier alpha value is -1.19. The molecule has 0 spiro atoms. The lowest BCUT2D eigenvalue weighted by Gasteiger charge is -2.22. The molecule has 1 aromatic carbocycles. The van der Waals surface area contributed by atoms with E-state index in [9.17, 15) is 13.2 Å². The van der Waals surface area contributed by atoms with E-state index in [0.717, 1.165) is 19.5 Å². The quantitative estimate of drug-likeness (QED) is 0.655. The number of carbonyl (C=O) groups is 1. The van der Waals surface area contributed by atoms with Crippen molar-refractivity contribution in [1.29, 1.82) is 0 Å². The van der Waals surface area contributed by atoms with Crippen molar-refractivity contribution in [2.45, 2.75) is 39.0 Å². The molecular weight excluding hydrogens is 400 g/mol. The summed E-state index contributed by atoms with van der Waals surface area (Å²) in [6.07, 6.45) is 0.980. The average molecular weight is 433 g/mol. The van der Waals surface area contributed by atoms with Gasteiger partial charge in [-0.15, -0.1) is 12.4 Å². The molecule has 0 radical (unpaired) electrons. The molecule has 0 saturated carbocycles. The van der Waals surface area contributed by atoms with Crippen molar-refractivity contribution < 1.29 is 13.2 Å². The van der Waals surface area contributed by atoms with Gasteiger partial charge < -0.3 is 11.1 Å². The number of benzene rings is 1. The Labute approximate surface area is 175 Å². The monoisotopic (exact) mass is 432 g/mol. The third-order valence-corrected chi connectivity index (χ3v) is 7.48. The van der Waals surface area contributed by atoms with Crippen LogP contribution in [-0.2, 0) is 14.8 Å². The molecule has 0 bridgehead atoms. The SMILES string of the molecule is CCN(CC)S(=O)(=O)c1cc(NC(=O)CN2CCC(C)(CN)C2)ccc1C.Cl. The standard InChI is InChI=1S/C19H32N4O3S.ClH/c1-5-23(6-2)27(25,26)17-11-16(8-7-15(17)3)21-18(24)12-22-10-9-19(4,13-20)14-22;/h7-8,11H,5-6,9-10,12-14,20H2,1-4H3,(H,21,24);1H. The summed E-state index contributed by atoms with van der Waals surface area (Å²) in [6, 6.07) is 5.02. The summed E-state index contributed by atoms with van der Waals surface area (Å²) in [6.45, 7) is 10.9. The number of aryl methyl sites for hydroxylation is 1. The van der Waals surface area contributed by atoms with Gasteiger partial charge >= 0.3 is 0 Å². The molecule has 1 unspecified atom stereocenters. The molecule has 1 aliphatic rings. The predicted molar refractivity (Wildman–Crippen MR) is 115 cm³/mol. The van der Waals surface area contributed by atoms with Crippen LogP contribution in [0.25, 0.3) is 0 Å². The van der Waals surface area contributed by atoms with Gasteiger partial charge in [0.1, 0.15) is 0 Å². The van der Waals surface area contributed by atoms with Crippen LogP contribution in [0.3, 0.4) is 0 Å². The number of sulfonamides is 1. The van der Waals surface area contributed by atoms with Crippen LogP contribution in [0.15, 0.2) is 23.1 Å². The van der Waals surface area contributed by atoms with Crippen LogP contribution < -0.4 is 11.1 Å². The summed E-state index contributed by atoms with van der Waals surface area (Å²) in [7, 11) is -3.57. The highest BCUT2D eigenvalue weighted by Crippen LogP contribution is 2.28. The minimum absolute atomic E-state index is 0. The first-order valence-electron chi connectivity index (χ1n) is 9.48. The lowest BCUT2D eigenvalue weighted by Crippen LogP contribution is -2.35. The number of nitrogens with two attached hydrogens (primary N) is 1. The predicted octanol–water partition coefficient (Wildman–Crippen LogP) is 2.06. The normalized spacial score (nSPS) is 20.2. The van der Waals surface area contributed by atoms with Gasteiger partial charge in [-0.2, -0.15) is 4.31 Å². The van der Waals surface area contributed by atoms with Crippen LogP contribution in [0.4, 0.5) is 5.69 Å². The molecule has 1 saturated heterocycles. The Morgan fingerprint density at radius 2 is 1.96 bits per heavy atom. The Morgan fingerprint density at radius 1 is 1.32 bits per heavy atom. The zero-order valence-corrected chi connectivity index (χ0v) is 18.8. The highest BCUT2D eigenvalue weighted by molar-refractivity contribution is 7.89. The van der Waals surface area contributed by atoms with E-state index in [1.165, 1.54) is 4.31 Å². The van der Waals surface area contributed by atoms with Crippen LogP contribution >= 0.6 is 12.4 Å². The second kappa shape index (κ2) is 10.0. The number of nitrogens with zero attached hydrogens (tertiary/aromatic N) is 2. The van der Waals surface area contributed by atoms with Crippen molar-refractivity contribution in [3.05, 3.63) is 23.8 Å². The minimum atomic E-state index is -3.57. The maximum atomic E-state index is 12.8. The van der Waals surface area contributed by atoms with Crippen molar-refractivity contribution in [3.8, 4) is 0 Å². The van der Waals surface area contributed by atoms with Gasteiger partial charge in [-0.3, -0.25) is 9.69 Å². The summed E-state index contributed by atoms with van der Waals surface area (Å²) in [4.78, 5) is 14.7. The molecule has 28 heavy (non-hydrogen) atoms. The number of likely N-dealkylation sites (tertiary alicyclic amines) is 1. The van der Waals surface area contributed by atoms with Gasteiger partial charge in [0.2, 0.25) is 15.9 Å². The minimum Gasteiger partial charge on any atom is -0.330 e. The van der Waals surface area contributed by atoms with Crippen LogP contribution in [0.5, 0.6) is 0 Å². The molecule has 1 aliphatic heterocycles. The molecule has 1 heterocycles. The molecule has 9 heteroatoms. The van der Waals surface area contributed by atoms with Crippen molar-refractivity contribution in [1.82, 2.24) is 9.21 Å². The van der Waals surface area contributed by atoms with E-state index in [1.807, 2.05) is 13.8 Å². The summed E-state index contributed by atoms with van der Waals surface area (Å²) in [5, 5.41) is 2.83. The topological polar surface area (TPSA) is 95.7 Å². The Bertz CT molecular complexity index is 783. The Kier molecular flexibility index (Phi) is 8.90. The first kappa shape index (κ1) is 24.8. The Balaban J connectivity index is 0.00000392. The van der Waals surface area contributed by atoms with Crippen LogP contribution in [-0.4, -0.2) is 62.8 Å². The van der Waals surface area contributed by atoms with Gasteiger partial charge in [0.15, 0.2) is 0 Å². The number of halogens is 1. The van der Waals surface area contributed by atoms with Gasteiger partial charge in [0.25, 0.3) is 0 Å². The number of carbonyl (C=O) groups excluding carboxylic acids is 1. The van der Waals surface area contributed by atoms with E-state index in [1.54, 1.807) is 25.1 Å². The fourth-order valence-electron chi connectivity index (χ4n) is 3.49. The molecule has 7 nitrogen and oxygen atoms in total. The van der Waals surface area contributed by atoms with Crippen LogP contribution in [0, 0.1) is 12.3 Å². The highest BCUT2D eigenvalue weighted by Gasteiger charge is 2.33. The van der Waals surface area contributed by atoms with Crippen molar-refractivity contribution in [3.63, 3.8) is 0 Å². The van der Waals surface area contributed by atoms with Crippen molar-refractivity contribution >= 4 is 34.0 Å². The van der Waals surface area contributed by atoms with Crippen LogP contribution in [0.2, 0.25) is 0 Å². The number of amides is 1. The molecule has 0 aromatic heterocycles. The zero-order chi connectivity index (χ0) is 20.2. The number of hydrogen-bond donors (Lipinski definition) is 2. The van der Waals surface area contributed by atoms with E-state index in [2.05, 4.69) is 17.1 Å². The fraction of sp³-hybridized carbons (Fsp3) is 0.632. The molecule has 1 atom stereocenters. The van der Waals surface area contributed by atoms with E-state index in [0.29, 0.717) is 30.9 Å². The van der Waals surface area contributed by atoms with Crippen LogP contribution in [0.1, 0.15) is 32.8 Å². The molecule has 0 aliphatic carbocycles. The lowest BCUT2D eigenvalue weighted by molar-refractivity contribution is -0.117. The van der Waals surface area contributed by atoms with Gasteiger partial charge in [0.05, 0.1) is 11.4 Å². The summed E-state index contributed by atoms with van der Waals surface area (Å²) in [5.41, 5.74) is 7.04. The van der Waals surface area contributed by atoms with Crippen molar-refractivity contribution in [2.75, 3.05) is 44.6 Å². The Morgan fingerprint density at radius 3 is 2.50 bits per heavy atom. The average Bonchev–Trinajstić information content (AvgIpc) is 2.98. The second-order valence-electron chi connectivity index (χ2n) is 7.59. The summed E-state index contributed by atoms with van der Waals surface area (Å²) in [5.74, 6) is -0.147. The summed E-state index contributed by atoms with van der Waals surface area (Å²) < 4.78 is 27.1. The molecule has 1 fully saturated rings. The van der Waals surface area contributed by atoms with E-state index < -0.39 is 10.0 Å².